The summed E-state index contributed by atoms with van der Waals surface area (Å²) in [5.41, 5.74) is 1.59. The van der Waals surface area contributed by atoms with Crippen molar-refractivity contribution in [1.82, 2.24) is 20.3 Å². The third-order valence-electron chi connectivity index (χ3n) is 3.04. The Morgan fingerprint density at radius 3 is 3.00 bits per heavy atom. The minimum Gasteiger partial charge on any atom is -0.472 e. The van der Waals surface area contributed by atoms with Crippen LogP contribution in [0.1, 0.15) is 5.56 Å². The summed E-state index contributed by atoms with van der Waals surface area (Å²) in [6, 6.07) is 9.11. The standard InChI is InChI=1S/C14H14N4O2/c19-14-12-3-1-2-4-13(12)16-17-18(14)7-6-15-9-11-5-8-20-10-11/h1-5,8,10,15H,6-7,9H2. The third kappa shape index (κ3) is 2.60. The summed E-state index contributed by atoms with van der Waals surface area (Å²) in [7, 11) is 0. The number of fused-ring (bicyclic) bond motifs is 1. The number of nitrogens with zero attached hydrogens (tertiary/aromatic N) is 3. The van der Waals surface area contributed by atoms with E-state index in [9.17, 15) is 4.79 Å². The van der Waals surface area contributed by atoms with E-state index < -0.39 is 0 Å². The number of hydrogen-bond acceptors (Lipinski definition) is 5. The molecule has 0 aliphatic heterocycles. The van der Waals surface area contributed by atoms with Gasteiger partial charge in [0.25, 0.3) is 5.56 Å². The second-order valence-electron chi connectivity index (χ2n) is 4.44. The van der Waals surface area contributed by atoms with E-state index in [-0.39, 0.29) is 5.56 Å². The Balaban J connectivity index is 1.66. The predicted molar refractivity (Wildman–Crippen MR) is 74.2 cm³/mol. The SMILES string of the molecule is O=c1c2ccccc2nnn1CCNCc1ccoc1. The van der Waals surface area contributed by atoms with E-state index in [0.717, 1.165) is 5.56 Å². The topological polar surface area (TPSA) is 73.0 Å². The van der Waals surface area contributed by atoms with Crippen LogP contribution in [0.3, 0.4) is 0 Å². The van der Waals surface area contributed by atoms with Crippen LogP contribution in [0.5, 0.6) is 0 Å². The van der Waals surface area contributed by atoms with Gasteiger partial charge in [-0.15, -0.1) is 5.10 Å². The third-order valence-corrected chi connectivity index (χ3v) is 3.04. The maximum absolute atomic E-state index is 12.2. The average Bonchev–Trinajstić information content (AvgIpc) is 2.99. The molecule has 3 aromatic rings. The first-order valence-corrected chi connectivity index (χ1v) is 6.39. The number of rotatable bonds is 5. The van der Waals surface area contributed by atoms with Crippen LogP contribution in [0.4, 0.5) is 0 Å². The number of aromatic nitrogens is 3. The van der Waals surface area contributed by atoms with Crippen LogP contribution < -0.4 is 10.9 Å². The molecule has 102 valence electrons. The summed E-state index contributed by atoms with van der Waals surface area (Å²) < 4.78 is 6.36. The molecule has 0 radical (unpaired) electrons. The molecule has 3 rings (SSSR count). The molecule has 6 heteroatoms. The van der Waals surface area contributed by atoms with Gasteiger partial charge in [-0.1, -0.05) is 17.3 Å². The minimum atomic E-state index is -0.110. The zero-order valence-electron chi connectivity index (χ0n) is 10.8. The quantitative estimate of drug-likeness (QED) is 0.705. The zero-order chi connectivity index (χ0) is 13.8. The van der Waals surface area contributed by atoms with Crippen molar-refractivity contribution in [2.75, 3.05) is 6.54 Å². The van der Waals surface area contributed by atoms with E-state index in [1.807, 2.05) is 18.2 Å². The summed E-state index contributed by atoms with van der Waals surface area (Å²) in [5, 5.41) is 11.8. The number of hydrogen-bond donors (Lipinski definition) is 1. The second-order valence-corrected chi connectivity index (χ2v) is 4.44. The van der Waals surface area contributed by atoms with Crippen LogP contribution >= 0.6 is 0 Å². The molecule has 0 aliphatic rings. The minimum absolute atomic E-state index is 0.110. The monoisotopic (exact) mass is 270 g/mol. The fourth-order valence-electron chi connectivity index (χ4n) is 1.98. The first-order chi connectivity index (χ1) is 9.84. The predicted octanol–water partition coefficient (Wildman–Crippen LogP) is 1.17. The fraction of sp³-hybridized carbons (Fsp3) is 0.214. The van der Waals surface area contributed by atoms with Crippen LogP contribution in [0.25, 0.3) is 10.9 Å². The molecule has 20 heavy (non-hydrogen) atoms. The smallest absolute Gasteiger partial charge is 0.277 e. The molecule has 0 saturated heterocycles. The van der Waals surface area contributed by atoms with Gasteiger partial charge in [-0.3, -0.25) is 4.79 Å². The Morgan fingerprint density at radius 1 is 1.25 bits per heavy atom. The lowest BCUT2D eigenvalue weighted by atomic mass is 10.2. The Kier molecular flexibility index (Phi) is 3.56. The molecular weight excluding hydrogens is 256 g/mol. The van der Waals surface area contributed by atoms with Crippen molar-refractivity contribution < 1.29 is 4.42 Å². The number of furan rings is 1. The molecule has 0 aliphatic carbocycles. The van der Waals surface area contributed by atoms with Gasteiger partial charge in [0, 0.05) is 18.7 Å². The van der Waals surface area contributed by atoms with Gasteiger partial charge in [-0.25, -0.2) is 4.68 Å². The van der Waals surface area contributed by atoms with Gasteiger partial charge >= 0.3 is 0 Å². The summed E-state index contributed by atoms with van der Waals surface area (Å²) >= 11 is 0. The van der Waals surface area contributed by atoms with Crippen LogP contribution in [0.2, 0.25) is 0 Å². The lowest BCUT2D eigenvalue weighted by Crippen LogP contribution is -2.29. The molecule has 0 spiro atoms. The fourth-order valence-corrected chi connectivity index (χ4v) is 1.98. The lowest BCUT2D eigenvalue weighted by molar-refractivity contribution is 0.510. The summed E-state index contributed by atoms with van der Waals surface area (Å²) in [6.07, 6.45) is 3.32. The Hall–Kier alpha value is -2.47. The summed E-state index contributed by atoms with van der Waals surface area (Å²) in [4.78, 5) is 12.2. The molecule has 1 aromatic carbocycles. The van der Waals surface area contributed by atoms with Crippen molar-refractivity contribution >= 4 is 10.9 Å². The van der Waals surface area contributed by atoms with Crippen molar-refractivity contribution in [3.8, 4) is 0 Å². The largest absolute Gasteiger partial charge is 0.472 e. The molecule has 0 amide bonds. The van der Waals surface area contributed by atoms with Crippen molar-refractivity contribution in [1.29, 1.82) is 0 Å². The molecule has 0 unspecified atom stereocenters. The van der Waals surface area contributed by atoms with Gasteiger partial charge in [-0.05, 0) is 18.2 Å². The summed E-state index contributed by atoms with van der Waals surface area (Å²) in [5.74, 6) is 0. The molecular formula is C14H14N4O2. The molecule has 0 saturated carbocycles. The highest BCUT2D eigenvalue weighted by atomic mass is 16.3. The zero-order valence-corrected chi connectivity index (χ0v) is 10.8. The summed E-state index contributed by atoms with van der Waals surface area (Å²) in [6.45, 7) is 1.82. The normalized spacial score (nSPS) is 11.0. The Morgan fingerprint density at radius 2 is 2.15 bits per heavy atom. The molecule has 2 heterocycles. The van der Waals surface area contributed by atoms with Crippen LogP contribution in [-0.2, 0) is 13.1 Å². The first-order valence-electron chi connectivity index (χ1n) is 6.39. The van der Waals surface area contributed by atoms with Gasteiger partial charge in [-0.2, -0.15) is 0 Å². The van der Waals surface area contributed by atoms with E-state index in [1.165, 1.54) is 4.68 Å². The second kappa shape index (κ2) is 5.66. The van der Waals surface area contributed by atoms with Crippen molar-refractivity contribution in [2.24, 2.45) is 0 Å². The average molecular weight is 270 g/mol. The molecule has 0 bridgehead atoms. The van der Waals surface area contributed by atoms with E-state index >= 15 is 0 Å². The van der Waals surface area contributed by atoms with Gasteiger partial charge in [0.1, 0.15) is 5.52 Å². The van der Waals surface area contributed by atoms with E-state index in [4.69, 9.17) is 4.42 Å². The maximum Gasteiger partial charge on any atom is 0.277 e. The van der Waals surface area contributed by atoms with Gasteiger partial charge in [0.2, 0.25) is 0 Å². The van der Waals surface area contributed by atoms with Gasteiger partial charge in [0.15, 0.2) is 0 Å². The molecule has 0 fully saturated rings. The first kappa shape index (κ1) is 12.6. The van der Waals surface area contributed by atoms with E-state index in [0.29, 0.717) is 30.5 Å². The van der Waals surface area contributed by atoms with Crippen LogP contribution in [0.15, 0.2) is 52.1 Å². The van der Waals surface area contributed by atoms with Gasteiger partial charge < -0.3 is 9.73 Å². The highest BCUT2D eigenvalue weighted by molar-refractivity contribution is 5.76. The van der Waals surface area contributed by atoms with Crippen LogP contribution in [0, 0.1) is 0 Å². The molecule has 1 N–H and O–H groups in total. The van der Waals surface area contributed by atoms with Crippen molar-refractivity contribution in [2.45, 2.75) is 13.1 Å². The highest BCUT2D eigenvalue weighted by Gasteiger charge is 2.04. The van der Waals surface area contributed by atoms with E-state index in [2.05, 4.69) is 15.6 Å². The molecule has 6 nitrogen and oxygen atoms in total. The lowest BCUT2D eigenvalue weighted by Gasteiger charge is -2.05. The van der Waals surface area contributed by atoms with E-state index in [1.54, 1.807) is 24.7 Å². The van der Waals surface area contributed by atoms with Crippen molar-refractivity contribution in [3.63, 3.8) is 0 Å². The molecule has 2 aromatic heterocycles. The van der Waals surface area contributed by atoms with Crippen LogP contribution in [-0.4, -0.2) is 21.5 Å². The van der Waals surface area contributed by atoms with Crippen molar-refractivity contribution in [3.05, 3.63) is 58.8 Å². The van der Waals surface area contributed by atoms with Gasteiger partial charge in [0.05, 0.1) is 24.5 Å². The Bertz CT molecular complexity index is 749. The Labute approximate surface area is 115 Å². The maximum atomic E-state index is 12.2. The highest BCUT2D eigenvalue weighted by Crippen LogP contribution is 2.03. The molecule has 0 atom stereocenters. The number of nitrogens with one attached hydrogen (secondary N) is 1. The number of benzene rings is 1.